The summed E-state index contributed by atoms with van der Waals surface area (Å²) in [5, 5.41) is 10.1. The molecule has 2 aliphatic heterocycles. The number of fused-ring (bicyclic) bond motifs is 1. The lowest BCUT2D eigenvalue weighted by Gasteiger charge is -2.36. The fourth-order valence-electron chi connectivity index (χ4n) is 3.61. The first kappa shape index (κ1) is 17.6. The van der Waals surface area contributed by atoms with Crippen LogP contribution >= 0.6 is 11.6 Å². The second-order valence-corrected chi connectivity index (χ2v) is 7.16. The Morgan fingerprint density at radius 1 is 1.11 bits per heavy atom. The van der Waals surface area contributed by atoms with Crippen molar-refractivity contribution in [2.45, 2.75) is 25.9 Å². The van der Waals surface area contributed by atoms with E-state index in [9.17, 15) is 10.1 Å². The number of halogens is 1. The van der Waals surface area contributed by atoms with E-state index in [1.54, 1.807) is 18.3 Å². The predicted molar refractivity (Wildman–Crippen MR) is 101 cm³/mol. The third-order valence-corrected chi connectivity index (χ3v) is 5.34. The van der Waals surface area contributed by atoms with Crippen LogP contribution in [0.4, 0.5) is 4.79 Å². The average Bonchev–Trinajstić information content (AvgIpc) is 3.18. The first-order chi connectivity index (χ1) is 13.2. The normalized spacial score (nSPS) is 16.7. The molecule has 0 aromatic carbocycles. The van der Waals surface area contributed by atoms with Gasteiger partial charge in [0.25, 0.3) is 0 Å². The molecule has 2 amide bonds. The fraction of sp³-hybridized carbons (Fsp3) is 0.368. The third-order valence-electron chi connectivity index (χ3n) is 5.12. The number of carbonyl (C=O) groups excluding carboxylic acids is 1. The standard InChI is InChI=1S/C19H19ClN6O/c20-15-1-2-18(23-10-15)17(9-21)14-3-5-24(6-4-14)19(27)25-7-8-26-13-22-11-16(26)12-25/h1-2,10-11,13H,3-8,12H2. The number of hydrogen-bond donors (Lipinski definition) is 0. The van der Waals surface area contributed by atoms with Crippen molar-refractivity contribution in [3.63, 3.8) is 0 Å². The summed E-state index contributed by atoms with van der Waals surface area (Å²) in [4.78, 5) is 25.0. The van der Waals surface area contributed by atoms with Crippen molar-refractivity contribution in [3.8, 4) is 6.07 Å². The van der Waals surface area contributed by atoms with Gasteiger partial charge in [0.15, 0.2) is 0 Å². The van der Waals surface area contributed by atoms with Gasteiger partial charge >= 0.3 is 6.03 Å². The van der Waals surface area contributed by atoms with E-state index >= 15 is 0 Å². The van der Waals surface area contributed by atoms with Gasteiger partial charge in [-0.2, -0.15) is 5.26 Å². The molecule has 0 bridgehead atoms. The van der Waals surface area contributed by atoms with Gasteiger partial charge < -0.3 is 14.4 Å². The second-order valence-electron chi connectivity index (χ2n) is 6.72. The second kappa shape index (κ2) is 7.41. The van der Waals surface area contributed by atoms with Crippen molar-refractivity contribution in [2.75, 3.05) is 19.6 Å². The largest absolute Gasteiger partial charge is 0.331 e. The average molecular weight is 383 g/mol. The highest BCUT2D eigenvalue weighted by Crippen LogP contribution is 2.27. The number of pyridine rings is 1. The summed E-state index contributed by atoms with van der Waals surface area (Å²) >= 11 is 5.88. The number of rotatable bonds is 1. The Hall–Kier alpha value is -2.85. The van der Waals surface area contributed by atoms with Crippen LogP contribution in [0, 0.1) is 11.3 Å². The van der Waals surface area contributed by atoms with Crippen LogP contribution in [0.15, 0.2) is 36.4 Å². The van der Waals surface area contributed by atoms with Crippen molar-refractivity contribution in [1.29, 1.82) is 5.26 Å². The minimum atomic E-state index is 0.0598. The Labute approximate surface area is 162 Å². The Balaban J connectivity index is 1.43. The number of piperidine rings is 1. The van der Waals surface area contributed by atoms with E-state index in [1.165, 1.54) is 0 Å². The van der Waals surface area contributed by atoms with Crippen LogP contribution < -0.4 is 0 Å². The van der Waals surface area contributed by atoms with Crippen LogP contribution in [0.25, 0.3) is 5.57 Å². The van der Waals surface area contributed by atoms with E-state index in [2.05, 4.69) is 20.6 Å². The van der Waals surface area contributed by atoms with Gasteiger partial charge in [-0.05, 0) is 30.5 Å². The van der Waals surface area contributed by atoms with Gasteiger partial charge in [0.05, 0.1) is 34.9 Å². The molecule has 0 atom stereocenters. The molecule has 0 N–H and O–H groups in total. The number of aromatic nitrogens is 3. The molecule has 4 heterocycles. The SMILES string of the molecule is N#CC(=C1CCN(C(=O)N2CCn3cncc3C2)CC1)c1ccc(Cl)cn1. The van der Waals surface area contributed by atoms with Gasteiger partial charge in [-0.25, -0.2) is 9.78 Å². The molecule has 2 aromatic heterocycles. The quantitative estimate of drug-likeness (QED) is 0.710. The lowest BCUT2D eigenvalue weighted by atomic mass is 9.96. The van der Waals surface area contributed by atoms with E-state index in [-0.39, 0.29) is 6.03 Å². The molecule has 0 aliphatic carbocycles. The number of imidazole rings is 1. The highest BCUT2D eigenvalue weighted by atomic mass is 35.5. The number of nitrogens with zero attached hydrogens (tertiary/aromatic N) is 6. The molecule has 0 spiro atoms. The molecule has 0 radical (unpaired) electrons. The third kappa shape index (κ3) is 3.53. The van der Waals surface area contributed by atoms with E-state index in [4.69, 9.17) is 11.6 Å². The summed E-state index contributed by atoms with van der Waals surface area (Å²) in [5.74, 6) is 0. The number of allylic oxidation sites excluding steroid dienone is 1. The van der Waals surface area contributed by atoms with Crippen molar-refractivity contribution >= 4 is 23.2 Å². The number of hydrogen-bond acceptors (Lipinski definition) is 4. The molecule has 0 saturated carbocycles. The molecule has 27 heavy (non-hydrogen) atoms. The molecular weight excluding hydrogens is 364 g/mol. The van der Waals surface area contributed by atoms with E-state index in [0.717, 1.165) is 17.8 Å². The number of likely N-dealkylation sites (tertiary alicyclic amines) is 1. The Bertz CT molecular complexity index is 916. The maximum atomic E-state index is 12.9. The van der Waals surface area contributed by atoms with Crippen molar-refractivity contribution < 1.29 is 4.79 Å². The lowest BCUT2D eigenvalue weighted by Crippen LogP contribution is -2.48. The Morgan fingerprint density at radius 3 is 2.63 bits per heavy atom. The van der Waals surface area contributed by atoms with Gasteiger partial charge in [-0.3, -0.25) is 4.98 Å². The summed E-state index contributed by atoms with van der Waals surface area (Å²) in [5.41, 5.74) is 3.35. The first-order valence-electron chi connectivity index (χ1n) is 8.92. The Morgan fingerprint density at radius 2 is 1.93 bits per heavy atom. The molecule has 4 rings (SSSR count). The van der Waals surface area contributed by atoms with E-state index < -0.39 is 0 Å². The van der Waals surface area contributed by atoms with Crippen LogP contribution in [0.5, 0.6) is 0 Å². The fourth-order valence-corrected chi connectivity index (χ4v) is 3.72. The predicted octanol–water partition coefficient (Wildman–Crippen LogP) is 2.94. The maximum Gasteiger partial charge on any atom is 0.320 e. The van der Waals surface area contributed by atoms with Gasteiger partial charge in [0.2, 0.25) is 0 Å². The minimum absolute atomic E-state index is 0.0598. The molecular formula is C19H19ClN6O. The molecule has 0 unspecified atom stereocenters. The smallest absolute Gasteiger partial charge is 0.320 e. The summed E-state index contributed by atoms with van der Waals surface area (Å²) in [6.45, 7) is 3.29. The summed E-state index contributed by atoms with van der Waals surface area (Å²) in [6.07, 6.45) is 6.54. The van der Waals surface area contributed by atoms with Crippen LogP contribution in [0.1, 0.15) is 24.2 Å². The topological polar surface area (TPSA) is 78.0 Å². The van der Waals surface area contributed by atoms with Crippen LogP contribution in [-0.2, 0) is 13.1 Å². The molecule has 8 heteroatoms. The molecule has 2 aliphatic rings. The van der Waals surface area contributed by atoms with Gasteiger partial charge in [0.1, 0.15) is 6.07 Å². The van der Waals surface area contributed by atoms with E-state index in [0.29, 0.717) is 55.3 Å². The zero-order chi connectivity index (χ0) is 18.8. The van der Waals surface area contributed by atoms with Gasteiger partial charge in [-0.1, -0.05) is 11.6 Å². The molecule has 1 saturated heterocycles. The molecule has 2 aromatic rings. The van der Waals surface area contributed by atoms with Crippen LogP contribution in [0.3, 0.4) is 0 Å². The van der Waals surface area contributed by atoms with Crippen molar-refractivity contribution in [2.24, 2.45) is 0 Å². The van der Waals surface area contributed by atoms with Crippen molar-refractivity contribution in [1.82, 2.24) is 24.3 Å². The highest BCUT2D eigenvalue weighted by Gasteiger charge is 2.28. The number of carbonyl (C=O) groups is 1. The summed E-state index contributed by atoms with van der Waals surface area (Å²) in [7, 11) is 0. The summed E-state index contributed by atoms with van der Waals surface area (Å²) in [6, 6.07) is 5.84. The molecule has 138 valence electrons. The summed E-state index contributed by atoms with van der Waals surface area (Å²) < 4.78 is 2.08. The highest BCUT2D eigenvalue weighted by molar-refractivity contribution is 6.30. The first-order valence-corrected chi connectivity index (χ1v) is 9.30. The monoisotopic (exact) mass is 382 g/mol. The zero-order valence-electron chi connectivity index (χ0n) is 14.8. The van der Waals surface area contributed by atoms with Gasteiger partial charge in [-0.15, -0.1) is 0 Å². The molecule has 7 nitrogen and oxygen atoms in total. The number of nitriles is 1. The zero-order valence-corrected chi connectivity index (χ0v) is 15.6. The molecule has 1 fully saturated rings. The van der Waals surface area contributed by atoms with Crippen molar-refractivity contribution in [3.05, 3.63) is 52.8 Å². The number of urea groups is 1. The maximum absolute atomic E-state index is 12.9. The number of amides is 2. The van der Waals surface area contributed by atoms with Gasteiger partial charge in [0, 0.05) is 38.6 Å². The Kier molecular flexibility index (Phi) is 4.82. The lowest BCUT2D eigenvalue weighted by molar-refractivity contribution is 0.137. The van der Waals surface area contributed by atoms with E-state index in [1.807, 2.05) is 22.3 Å². The minimum Gasteiger partial charge on any atom is -0.331 e. The van der Waals surface area contributed by atoms with Crippen LogP contribution in [0.2, 0.25) is 5.02 Å². The van der Waals surface area contributed by atoms with Crippen LogP contribution in [-0.4, -0.2) is 50.0 Å².